The zero-order chi connectivity index (χ0) is 7.02. The van der Waals surface area contributed by atoms with Crippen molar-refractivity contribution in [2.75, 3.05) is 11.5 Å². The van der Waals surface area contributed by atoms with Crippen LogP contribution in [0.4, 0.5) is 11.5 Å². The standard InChI is InChI=1S/C5H10N4/c1-3-4(6)5(7)8-9(3)2/h6H2,1-2H3,(H2,7,8). The van der Waals surface area contributed by atoms with Crippen molar-refractivity contribution in [3.05, 3.63) is 5.69 Å². The van der Waals surface area contributed by atoms with E-state index in [1.807, 2.05) is 14.0 Å². The predicted molar refractivity (Wildman–Crippen MR) is 36.8 cm³/mol. The van der Waals surface area contributed by atoms with E-state index in [0.29, 0.717) is 11.5 Å². The van der Waals surface area contributed by atoms with E-state index < -0.39 is 0 Å². The van der Waals surface area contributed by atoms with Crippen molar-refractivity contribution in [3.63, 3.8) is 0 Å². The van der Waals surface area contributed by atoms with Gasteiger partial charge < -0.3 is 11.5 Å². The highest BCUT2D eigenvalue weighted by atomic mass is 15.3. The monoisotopic (exact) mass is 126 g/mol. The fourth-order valence-corrected chi connectivity index (χ4v) is 0.650. The molecule has 0 saturated carbocycles. The molecular weight excluding hydrogens is 116 g/mol. The van der Waals surface area contributed by atoms with E-state index in [1.54, 1.807) is 4.68 Å². The summed E-state index contributed by atoms with van der Waals surface area (Å²) in [6.07, 6.45) is 0. The zero-order valence-electron chi connectivity index (χ0n) is 5.55. The zero-order valence-corrected chi connectivity index (χ0v) is 5.55. The molecule has 4 heteroatoms. The third-order valence-electron chi connectivity index (χ3n) is 1.41. The normalized spacial score (nSPS) is 10.0. The van der Waals surface area contributed by atoms with Crippen LogP contribution < -0.4 is 11.5 Å². The Bertz CT molecular complexity index is 203. The van der Waals surface area contributed by atoms with Crippen LogP contribution in [0.3, 0.4) is 0 Å². The molecule has 1 aromatic rings. The van der Waals surface area contributed by atoms with Gasteiger partial charge >= 0.3 is 0 Å². The highest BCUT2D eigenvalue weighted by Gasteiger charge is 2.03. The quantitative estimate of drug-likeness (QED) is 0.509. The average molecular weight is 126 g/mol. The summed E-state index contributed by atoms with van der Waals surface area (Å²) in [7, 11) is 1.81. The van der Waals surface area contributed by atoms with Gasteiger partial charge in [-0.15, -0.1) is 0 Å². The van der Waals surface area contributed by atoms with Gasteiger partial charge in [-0.1, -0.05) is 0 Å². The first-order valence-electron chi connectivity index (χ1n) is 2.67. The second kappa shape index (κ2) is 1.65. The van der Waals surface area contributed by atoms with Crippen LogP contribution in [0.15, 0.2) is 0 Å². The van der Waals surface area contributed by atoms with Gasteiger partial charge in [0.2, 0.25) is 0 Å². The first kappa shape index (κ1) is 5.94. The van der Waals surface area contributed by atoms with Gasteiger partial charge in [-0.2, -0.15) is 5.10 Å². The summed E-state index contributed by atoms with van der Waals surface area (Å²) in [5.74, 6) is 0.412. The summed E-state index contributed by atoms with van der Waals surface area (Å²) in [5, 5.41) is 3.88. The van der Waals surface area contributed by atoms with Crippen LogP contribution in [0.5, 0.6) is 0 Å². The van der Waals surface area contributed by atoms with Gasteiger partial charge in [-0.05, 0) is 6.92 Å². The summed E-state index contributed by atoms with van der Waals surface area (Å²) < 4.78 is 1.66. The largest absolute Gasteiger partial charge is 0.394 e. The molecule has 0 aliphatic carbocycles. The summed E-state index contributed by atoms with van der Waals surface area (Å²) >= 11 is 0. The Balaban J connectivity index is 3.29. The Labute approximate surface area is 53.4 Å². The Morgan fingerprint density at radius 1 is 1.44 bits per heavy atom. The van der Waals surface area contributed by atoms with Gasteiger partial charge in [0.25, 0.3) is 0 Å². The Hall–Kier alpha value is -1.19. The predicted octanol–water partition coefficient (Wildman–Crippen LogP) is -0.107. The lowest BCUT2D eigenvalue weighted by Gasteiger charge is -1.90. The molecule has 0 radical (unpaired) electrons. The smallest absolute Gasteiger partial charge is 0.168 e. The van der Waals surface area contributed by atoms with Gasteiger partial charge in [0.15, 0.2) is 5.82 Å². The number of hydrogen-bond donors (Lipinski definition) is 2. The molecule has 0 aliphatic heterocycles. The van der Waals surface area contributed by atoms with E-state index in [4.69, 9.17) is 11.5 Å². The van der Waals surface area contributed by atoms with Crippen LogP contribution in [0.2, 0.25) is 0 Å². The van der Waals surface area contributed by atoms with Crippen molar-refractivity contribution in [1.82, 2.24) is 9.78 Å². The molecule has 4 nitrogen and oxygen atoms in total. The Kier molecular flexibility index (Phi) is 1.09. The van der Waals surface area contributed by atoms with Crippen LogP contribution in [0.25, 0.3) is 0 Å². The van der Waals surface area contributed by atoms with E-state index in [0.717, 1.165) is 5.69 Å². The summed E-state index contributed by atoms with van der Waals surface area (Å²) in [6.45, 7) is 1.87. The highest BCUT2D eigenvalue weighted by molar-refractivity contribution is 5.60. The van der Waals surface area contributed by atoms with Crippen molar-refractivity contribution in [3.8, 4) is 0 Å². The first-order chi connectivity index (χ1) is 4.13. The molecule has 0 spiro atoms. The van der Waals surface area contributed by atoms with E-state index in [9.17, 15) is 0 Å². The SMILES string of the molecule is Cc1c(N)c(N)nn1C. The van der Waals surface area contributed by atoms with Crippen LogP contribution in [-0.2, 0) is 7.05 Å². The number of aryl methyl sites for hydroxylation is 1. The summed E-state index contributed by atoms with van der Waals surface area (Å²) in [6, 6.07) is 0. The molecule has 0 fully saturated rings. The number of anilines is 2. The van der Waals surface area contributed by atoms with Crippen LogP contribution in [0, 0.1) is 6.92 Å². The van der Waals surface area contributed by atoms with Gasteiger partial charge in [-0.3, -0.25) is 4.68 Å². The van der Waals surface area contributed by atoms with Crippen molar-refractivity contribution in [1.29, 1.82) is 0 Å². The van der Waals surface area contributed by atoms with E-state index in [-0.39, 0.29) is 0 Å². The number of rotatable bonds is 0. The summed E-state index contributed by atoms with van der Waals surface area (Å²) in [5.41, 5.74) is 12.4. The maximum absolute atomic E-state index is 5.49. The molecule has 9 heavy (non-hydrogen) atoms. The molecule has 0 saturated heterocycles. The molecule has 1 aromatic heterocycles. The van der Waals surface area contributed by atoms with Gasteiger partial charge in [0.05, 0.1) is 11.4 Å². The second-order valence-corrected chi connectivity index (χ2v) is 2.01. The molecule has 0 aliphatic rings. The van der Waals surface area contributed by atoms with Crippen molar-refractivity contribution >= 4 is 11.5 Å². The number of hydrogen-bond acceptors (Lipinski definition) is 3. The second-order valence-electron chi connectivity index (χ2n) is 2.01. The minimum atomic E-state index is 0.412. The molecule has 0 bridgehead atoms. The van der Waals surface area contributed by atoms with E-state index >= 15 is 0 Å². The first-order valence-corrected chi connectivity index (χ1v) is 2.67. The molecular formula is C5H10N4. The molecule has 1 heterocycles. The lowest BCUT2D eigenvalue weighted by Crippen LogP contribution is -1.93. The van der Waals surface area contributed by atoms with Crippen LogP contribution >= 0.6 is 0 Å². The van der Waals surface area contributed by atoms with Crippen molar-refractivity contribution in [2.45, 2.75) is 6.92 Å². The lowest BCUT2D eigenvalue weighted by molar-refractivity contribution is 0.744. The fourth-order valence-electron chi connectivity index (χ4n) is 0.650. The maximum atomic E-state index is 5.49. The number of nitrogens with zero attached hydrogens (tertiary/aromatic N) is 2. The average Bonchev–Trinajstić information content (AvgIpc) is 1.98. The molecule has 0 amide bonds. The molecule has 4 N–H and O–H groups in total. The highest BCUT2D eigenvalue weighted by Crippen LogP contribution is 2.15. The Morgan fingerprint density at radius 3 is 2.11 bits per heavy atom. The minimum Gasteiger partial charge on any atom is -0.394 e. The Morgan fingerprint density at radius 2 is 2.00 bits per heavy atom. The molecule has 50 valence electrons. The van der Waals surface area contributed by atoms with Gasteiger partial charge in [0, 0.05) is 7.05 Å². The minimum absolute atomic E-state index is 0.412. The van der Waals surface area contributed by atoms with Crippen LogP contribution in [-0.4, -0.2) is 9.78 Å². The maximum Gasteiger partial charge on any atom is 0.168 e. The molecule has 1 rings (SSSR count). The van der Waals surface area contributed by atoms with Crippen molar-refractivity contribution < 1.29 is 0 Å². The van der Waals surface area contributed by atoms with Crippen molar-refractivity contribution in [2.24, 2.45) is 7.05 Å². The third kappa shape index (κ3) is 0.718. The van der Waals surface area contributed by atoms with Crippen LogP contribution in [0.1, 0.15) is 5.69 Å². The lowest BCUT2D eigenvalue weighted by atomic mass is 10.4. The van der Waals surface area contributed by atoms with Gasteiger partial charge in [-0.25, -0.2) is 0 Å². The third-order valence-corrected chi connectivity index (χ3v) is 1.41. The topological polar surface area (TPSA) is 69.9 Å². The van der Waals surface area contributed by atoms with Gasteiger partial charge in [0.1, 0.15) is 0 Å². The number of aromatic nitrogens is 2. The molecule has 0 atom stereocenters. The van der Waals surface area contributed by atoms with E-state index in [2.05, 4.69) is 5.10 Å². The molecule has 0 aromatic carbocycles. The molecule has 0 unspecified atom stereocenters. The van der Waals surface area contributed by atoms with E-state index in [1.165, 1.54) is 0 Å². The number of nitrogens with two attached hydrogens (primary N) is 2. The fraction of sp³-hybridized carbons (Fsp3) is 0.400. The summed E-state index contributed by atoms with van der Waals surface area (Å²) in [4.78, 5) is 0. The number of nitrogen functional groups attached to an aromatic ring is 2.